The SMILES string of the molecule is COc1c(F)ccc2c1C1=CC=C[C@@H]3NC(C)(C)C[C@H](C)C3C1[C@H](O)O2. The van der Waals surface area contributed by atoms with E-state index < -0.39 is 12.1 Å². The minimum absolute atomic E-state index is 0.0254. The van der Waals surface area contributed by atoms with E-state index in [9.17, 15) is 9.50 Å². The fourth-order valence-corrected chi connectivity index (χ4v) is 5.16. The third-order valence-corrected chi connectivity index (χ3v) is 5.95. The van der Waals surface area contributed by atoms with Crippen molar-refractivity contribution in [2.75, 3.05) is 7.11 Å². The molecule has 1 aromatic rings. The third kappa shape index (κ3) is 2.65. The molecular weight excluding hydrogens is 333 g/mol. The number of halogens is 1. The second-order valence-corrected chi connectivity index (χ2v) is 8.31. The van der Waals surface area contributed by atoms with Gasteiger partial charge in [0.15, 0.2) is 11.6 Å². The predicted octanol–water partition coefficient (Wildman–Crippen LogP) is 3.51. The van der Waals surface area contributed by atoms with E-state index in [-0.39, 0.29) is 29.2 Å². The van der Waals surface area contributed by atoms with Crippen LogP contribution >= 0.6 is 0 Å². The van der Waals surface area contributed by atoms with Crippen LogP contribution in [0.3, 0.4) is 0 Å². The van der Waals surface area contributed by atoms with Crippen molar-refractivity contribution in [1.82, 2.24) is 5.32 Å². The summed E-state index contributed by atoms with van der Waals surface area (Å²) in [5.41, 5.74) is 1.52. The second-order valence-electron chi connectivity index (χ2n) is 8.31. The van der Waals surface area contributed by atoms with Gasteiger partial charge in [0.2, 0.25) is 6.29 Å². The predicted molar refractivity (Wildman–Crippen MR) is 98.5 cm³/mol. The van der Waals surface area contributed by atoms with Gasteiger partial charge in [-0.3, -0.25) is 0 Å². The van der Waals surface area contributed by atoms with Gasteiger partial charge < -0.3 is 19.9 Å². The molecule has 3 aliphatic rings. The van der Waals surface area contributed by atoms with E-state index >= 15 is 0 Å². The van der Waals surface area contributed by atoms with Crippen molar-refractivity contribution in [3.05, 3.63) is 41.7 Å². The van der Waals surface area contributed by atoms with Crippen molar-refractivity contribution in [3.8, 4) is 11.5 Å². The number of ether oxygens (including phenoxy) is 2. The maximum atomic E-state index is 14.3. The molecule has 26 heavy (non-hydrogen) atoms. The van der Waals surface area contributed by atoms with Gasteiger partial charge in [0.05, 0.1) is 18.6 Å². The molecule has 0 amide bonds. The number of rotatable bonds is 1. The summed E-state index contributed by atoms with van der Waals surface area (Å²) < 4.78 is 25.5. The van der Waals surface area contributed by atoms with E-state index in [2.05, 4.69) is 32.2 Å². The number of aliphatic hydroxyl groups is 1. The molecule has 0 radical (unpaired) electrons. The molecule has 5 heteroatoms. The number of fused-ring (bicyclic) bond motifs is 5. The summed E-state index contributed by atoms with van der Waals surface area (Å²) in [6.07, 6.45) is 6.13. The van der Waals surface area contributed by atoms with Crippen LogP contribution in [0.5, 0.6) is 11.5 Å². The Kier molecular flexibility index (Phi) is 4.12. The maximum Gasteiger partial charge on any atom is 0.204 e. The quantitative estimate of drug-likeness (QED) is 0.806. The fourth-order valence-electron chi connectivity index (χ4n) is 5.16. The molecule has 0 bridgehead atoms. The Bertz CT molecular complexity index is 786. The van der Waals surface area contributed by atoms with E-state index in [1.807, 2.05) is 12.2 Å². The van der Waals surface area contributed by atoms with Crippen molar-refractivity contribution in [2.24, 2.45) is 17.8 Å². The number of allylic oxidation sites excluding steroid dienone is 2. The first-order chi connectivity index (χ1) is 12.3. The van der Waals surface area contributed by atoms with Crippen molar-refractivity contribution < 1.29 is 19.0 Å². The highest BCUT2D eigenvalue weighted by Crippen LogP contribution is 2.52. The zero-order chi connectivity index (χ0) is 18.6. The van der Waals surface area contributed by atoms with Crippen LogP contribution in [-0.4, -0.2) is 30.1 Å². The van der Waals surface area contributed by atoms with Crippen molar-refractivity contribution in [3.63, 3.8) is 0 Å². The molecule has 1 saturated heterocycles. The summed E-state index contributed by atoms with van der Waals surface area (Å²) in [5, 5.41) is 14.5. The van der Waals surface area contributed by atoms with Crippen molar-refractivity contribution >= 4 is 5.57 Å². The fraction of sp³-hybridized carbons (Fsp3) is 0.524. The lowest BCUT2D eigenvalue weighted by molar-refractivity contribution is -0.0838. The molecule has 5 atom stereocenters. The van der Waals surface area contributed by atoms with Gasteiger partial charge in [0.1, 0.15) is 5.75 Å². The summed E-state index contributed by atoms with van der Waals surface area (Å²) in [6, 6.07) is 2.99. The second kappa shape index (κ2) is 6.10. The van der Waals surface area contributed by atoms with E-state index in [1.165, 1.54) is 13.2 Å². The highest BCUT2D eigenvalue weighted by atomic mass is 19.1. The summed E-state index contributed by atoms with van der Waals surface area (Å²) in [6.45, 7) is 6.63. The van der Waals surface area contributed by atoms with Gasteiger partial charge in [-0.2, -0.15) is 0 Å². The van der Waals surface area contributed by atoms with Crippen LogP contribution in [0.25, 0.3) is 5.57 Å². The Labute approximate surface area is 153 Å². The van der Waals surface area contributed by atoms with E-state index in [4.69, 9.17) is 9.47 Å². The number of benzene rings is 1. The first kappa shape index (κ1) is 17.6. The lowest BCUT2D eigenvalue weighted by Gasteiger charge is -2.49. The highest BCUT2D eigenvalue weighted by Gasteiger charge is 2.49. The van der Waals surface area contributed by atoms with Gasteiger partial charge in [-0.1, -0.05) is 25.2 Å². The van der Waals surface area contributed by atoms with Gasteiger partial charge in [0, 0.05) is 11.6 Å². The van der Waals surface area contributed by atoms with Gasteiger partial charge in [-0.25, -0.2) is 4.39 Å². The number of nitrogens with one attached hydrogen (secondary N) is 1. The average molecular weight is 359 g/mol. The molecule has 140 valence electrons. The van der Waals surface area contributed by atoms with Crippen LogP contribution in [0, 0.1) is 23.6 Å². The summed E-state index contributed by atoms with van der Waals surface area (Å²) in [5.74, 6) is 0.468. The van der Waals surface area contributed by atoms with Crippen LogP contribution < -0.4 is 14.8 Å². The number of piperidine rings is 1. The molecule has 2 heterocycles. The number of hydrogen-bond acceptors (Lipinski definition) is 4. The number of aliphatic hydroxyl groups excluding tert-OH is 1. The topological polar surface area (TPSA) is 50.7 Å². The molecule has 2 unspecified atom stereocenters. The molecule has 1 aliphatic carbocycles. The van der Waals surface area contributed by atoms with E-state index in [0.29, 0.717) is 17.2 Å². The van der Waals surface area contributed by atoms with Crippen molar-refractivity contribution in [2.45, 2.75) is 45.1 Å². The third-order valence-electron chi connectivity index (χ3n) is 5.95. The van der Waals surface area contributed by atoms with E-state index in [0.717, 1.165) is 12.0 Å². The molecule has 1 fully saturated rings. The van der Waals surface area contributed by atoms with Crippen LogP contribution in [0.15, 0.2) is 30.4 Å². The molecule has 0 aromatic heterocycles. The maximum absolute atomic E-state index is 14.3. The lowest BCUT2D eigenvalue weighted by Crippen LogP contribution is -2.59. The summed E-state index contributed by atoms with van der Waals surface area (Å²) in [7, 11) is 1.46. The Balaban J connectivity index is 1.85. The first-order valence-electron chi connectivity index (χ1n) is 9.20. The Morgan fingerprint density at radius 2 is 2.12 bits per heavy atom. The normalized spacial score (nSPS) is 34.5. The molecular formula is C21H26FNO3. The zero-order valence-electron chi connectivity index (χ0n) is 15.6. The molecule has 2 aliphatic heterocycles. The minimum Gasteiger partial charge on any atom is -0.493 e. The Hall–Kier alpha value is -1.85. The average Bonchev–Trinajstić information content (AvgIpc) is 2.74. The van der Waals surface area contributed by atoms with Gasteiger partial charge in [0.25, 0.3) is 0 Å². The molecule has 0 spiro atoms. The Morgan fingerprint density at radius 3 is 2.85 bits per heavy atom. The zero-order valence-corrected chi connectivity index (χ0v) is 15.6. The van der Waals surface area contributed by atoms with Gasteiger partial charge in [-0.05, 0) is 49.8 Å². The molecule has 4 nitrogen and oxygen atoms in total. The monoisotopic (exact) mass is 359 g/mol. The first-order valence-corrected chi connectivity index (χ1v) is 9.20. The standard InChI is InChI=1S/C21H26FNO3/c1-11-10-21(2,3)23-14-7-5-6-12-17-15(9-8-13(22)19(17)25-4)26-20(24)18(12)16(11)14/h5-9,11,14,16,18,20,23-24H,10H2,1-4H3/t11-,14-,16?,18?,20+/m0/s1. The molecule has 2 N–H and O–H groups in total. The number of methoxy groups -OCH3 is 1. The van der Waals surface area contributed by atoms with Crippen LogP contribution in [0.4, 0.5) is 4.39 Å². The lowest BCUT2D eigenvalue weighted by atomic mass is 9.66. The number of hydrogen-bond donors (Lipinski definition) is 2. The van der Waals surface area contributed by atoms with Crippen LogP contribution in [0.1, 0.15) is 32.8 Å². The highest BCUT2D eigenvalue weighted by molar-refractivity contribution is 5.80. The smallest absolute Gasteiger partial charge is 0.204 e. The van der Waals surface area contributed by atoms with Crippen molar-refractivity contribution in [1.29, 1.82) is 0 Å². The summed E-state index contributed by atoms with van der Waals surface area (Å²) in [4.78, 5) is 0. The van der Waals surface area contributed by atoms with Gasteiger partial charge in [-0.15, -0.1) is 0 Å². The molecule has 4 rings (SSSR count). The van der Waals surface area contributed by atoms with Crippen LogP contribution in [-0.2, 0) is 0 Å². The molecule has 0 saturated carbocycles. The Morgan fingerprint density at radius 1 is 1.35 bits per heavy atom. The molecule has 1 aromatic carbocycles. The minimum atomic E-state index is -0.971. The summed E-state index contributed by atoms with van der Waals surface area (Å²) >= 11 is 0. The van der Waals surface area contributed by atoms with Crippen LogP contribution in [0.2, 0.25) is 0 Å². The van der Waals surface area contributed by atoms with E-state index in [1.54, 1.807) is 6.07 Å². The van der Waals surface area contributed by atoms with Gasteiger partial charge >= 0.3 is 0 Å². The largest absolute Gasteiger partial charge is 0.493 e.